The van der Waals surface area contributed by atoms with Crippen molar-refractivity contribution in [1.82, 2.24) is 0 Å². The minimum absolute atomic E-state index is 0.0508. The average Bonchev–Trinajstić information content (AvgIpc) is 2.53. The summed E-state index contributed by atoms with van der Waals surface area (Å²) < 4.78 is 6.22. The predicted octanol–water partition coefficient (Wildman–Crippen LogP) is 4.85. The first-order valence-corrected chi connectivity index (χ1v) is 9.04. The minimum atomic E-state index is -0.112. The molecule has 0 radical (unpaired) electrons. The second-order valence-electron chi connectivity index (χ2n) is 7.01. The highest BCUT2D eigenvalue weighted by molar-refractivity contribution is 7.99. The average molecular weight is 341 g/mol. The lowest BCUT2D eigenvalue weighted by molar-refractivity contribution is -0.116. The van der Waals surface area contributed by atoms with Gasteiger partial charge in [-0.05, 0) is 29.2 Å². The lowest BCUT2D eigenvalue weighted by Gasteiger charge is -2.37. The number of anilines is 1. The lowest BCUT2D eigenvalue weighted by Crippen LogP contribution is -2.42. The van der Waals surface area contributed by atoms with Gasteiger partial charge < -0.3 is 9.64 Å². The van der Waals surface area contributed by atoms with Crippen molar-refractivity contribution in [2.45, 2.75) is 43.4 Å². The summed E-state index contributed by atoms with van der Waals surface area (Å²) in [5.74, 6) is 0.840. The quantitative estimate of drug-likeness (QED) is 0.782. The molecular weight excluding hydrogens is 318 g/mol. The van der Waals surface area contributed by atoms with Gasteiger partial charge in [-0.15, -0.1) is 0 Å². The molecule has 1 atom stereocenters. The van der Waals surface area contributed by atoms with E-state index in [2.05, 4.69) is 39.0 Å². The van der Waals surface area contributed by atoms with E-state index in [0.717, 1.165) is 21.9 Å². The first kappa shape index (κ1) is 16.9. The second-order valence-corrected chi connectivity index (χ2v) is 8.24. The highest BCUT2D eigenvalue weighted by Crippen LogP contribution is 2.44. The zero-order chi connectivity index (χ0) is 17.3. The van der Waals surface area contributed by atoms with Gasteiger partial charge in [0.25, 0.3) is 0 Å². The summed E-state index contributed by atoms with van der Waals surface area (Å²) in [6, 6.07) is 16.2. The Kier molecular flexibility index (Phi) is 4.59. The Balaban J connectivity index is 1.97. The number of amides is 1. The van der Waals surface area contributed by atoms with E-state index in [9.17, 15) is 4.79 Å². The number of para-hydroxylation sites is 1. The molecular formula is C20H23NO2S. The monoisotopic (exact) mass is 341 g/mol. The largest absolute Gasteiger partial charge is 0.475 e. The van der Waals surface area contributed by atoms with Crippen molar-refractivity contribution < 1.29 is 9.53 Å². The second kappa shape index (κ2) is 6.52. The first-order chi connectivity index (χ1) is 11.4. The summed E-state index contributed by atoms with van der Waals surface area (Å²) in [7, 11) is 0. The number of carbonyl (C=O) groups excluding carboxylic acids is 1. The molecule has 0 saturated carbocycles. The third kappa shape index (κ3) is 3.44. The Morgan fingerprint density at radius 1 is 1.12 bits per heavy atom. The van der Waals surface area contributed by atoms with Crippen LogP contribution in [0.3, 0.4) is 0 Å². The zero-order valence-electron chi connectivity index (χ0n) is 14.6. The number of hydrogen-bond donors (Lipinski definition) is 0. The van der Waals surface area contributed by atoms with Crippen molar-refractivity contribution in [2.24, 2.45) is 0 Å². The van der Waals surface area contributed by atoms with Crippen LogP contribution in [0.1, 0.15) is 33.3 Å². The molecule has 1 heterocycles. The van der Waals surface area contributed by atoms with E-state index in [1.807, 2.05) is 35.2 Å². The van der Waals surface area contributed by atoms with Crippen LogP contribution in [0.25, 0.3) is 0 Å². The smallest absolute Gasteiger partial charge is 0.224 e. The van der Waals surface area contributed by atoms with Crippen LogP contribution in [0.5, 0.6) is 5.75 Å². The summed E-state index contributed by atoms with van der Waals surface area (Å²) in [4.78, 5) is 15.3. The fraction of sp³-hybridized carbons (Fsp3) is 0.350. The van der Waals surface area contributed by atoms with Crippen LogP contribution in [-0.2, 0) is 10.2 Å². The summed E-state index contributed by atoms with van der Waals surface area (Å²) >= 11 is 1.65. The van der Waals surface area contributed by atoms with E-state index in [4.69, 9.17) is 4.74 Å². The van der Waals surface area contributed by atoms with Crippen molar-refractivity contribution in [2.75, 3.05) is 11.4 Å². The van der Waals surface area contributed by atoms with Crippen LogP contribution < -0.4 is 9.64 Å². The molecule has 0 bridgehead atoms. The number of ether oxygens (including phenoxy) is 1. The van der Waals surface area contributed by atoms with Gasteiger partial charge in [-0.25, -0.2) is 0 Å². The molecule has 0 spiro atoms. The van der Waals surface area contributed by atoms with E-state index < -0.39 is 0 Å². The Morgan fingerprint density at radius 2 is 1.83 bits per heavy atom. The lowest BCUT2D eigenvalue weighted by atomic mass is 9.85. The molecule has 1 unspecified atom stereocenters. The van der Waals surface area contributed by atoms with Crippen molar-refractivity contribution in [3.05, 3.63) is 54.1 Å². The van der Waals surface area contributed by atoms with E-state index in [1.54, 1.807) is 18.7 Å². The van der Waals surface area contributed by atoms with Crippen LogP contribution in [0.2, 0.25) is 0 Å². The van der Waals surface area contributed by atoms with Gasteiger partial charge in [-0.2, -0.15) is 0 Å². The zero-order valence-corrected chi connectivity index (χ0v) is 15.4. The van der Waals surface area contributed by atoms with Crippen molar-refractivity contribution in [1.29, 1.82) is 0 Å². The van der Waals surface area contributed by atoms with Crippen molar-refractivity contribution in [3.8, 4) is 5.75 Å². The molecule has 0 saturated heterocycles. The topological polar surface area (TPSA) is 29.5 Å². The van der Waals surface area contributed by atoms with Gasteiger partial charge in [0.1, 0.15) is 5.75 Å². The minimum Gasteiger partial charge on any atom is -0.475 e. The van der Waals surface area contributed by atoms with Gasteiger partial charge in [-0.1, -0.05) is 62.9 Å². The molecule has 126 valence electrons. The van der Waals surface area contributed by atoms with E-state index in [0.29, 0.717) is 6.54 Å². The number of carbonyl (C=O) groups is 1. The molecule has 4 heteroatoms. The molecule has 3 rings (SSSR count). The van der Waals surface area contributed by atoms with E-state index in [-0.39, 0.29) is 16.8 Å². The highest BCUT2D eigenvalue weighted by atomic mass is 32.2. The SMILES string of the molecule is CC(=O)N1CC(Sc2ccccc2)Oc2cccc(C(C)(C)C)c21. The summed E-state index contributed by atoms with van der Waals surface area (Å²) in [5, 5.41) is 0. The Labute approximate surface area is 148 Å². The molecule has 1 aliphatic rings. The maximum absolute atomic E-state index is 12.3. The third-order valence-electron chi connectivity index (χ3n) is 4.06. The molecule has 1 amide bonds. The van der Waals surface area contributed by atoms with Crippen LogP contribution in [-0.4, -0.2) is 17.9 Å². The highest BCUT2D eigenvalue weighted by Gasteiger charge is 2.33. The van der Waals surface area contributed by atoms with Crippen LogP contribution >= 0.6 is 11.8 Å². The van der Waals surface area contributed by atoms with Gasteiger partial charge in [-0.3, -0.25) is 4.79 Å². The van der Waals surface area contributed by atoms with Crippen molar-refractivity contribution >= 4 is 23.4 Å². The Bertz CT molecular complexity index is 737. The Hall–Kier alpha value is -1.94. The van der Waals surface area contributed by atoms with Crippen LogP contribution in [0.4, 0.5) is 5.69 Å². The molecule has 0 N–H and O–H groups in total. The predicted molar refractivity (Wildman–Crippen MR) is 99.9 cm³/mol. The number of hydrogen-bond acceptors (Lipinski definition) is 3. The van der Waals surface area contributed by atoms with Gasteiger partial charge in [0.15, 0.2) is 5.44 Å². The van der Waals surface area contributed by atoms with Gasteiger partial charge >= 0.3 is 0 Å². The molecule has 0 aromatic heterocycles. The molecule has 1 aliphatic heterocycles. The van der Waals surface area contributed by atoms with Crippen LogP contribution in [0, 0.1) is 0 Å². The van der Waals surface area contributed by atoms with E-state index in [1.165, 1.54) is 0 Å². The summed E-state index contributed by atoms with van der Waals surface area (Å²) in [5.41, 5.74) is 1.89. The Morgan fingerprint density at radius 3 is 2.46 bits per heavy atom. The molecule has 0 aliphatic carbocycles. The standard InChI is InChI=1S/C20H23NO2S/c1-14(22)21-13-18(24-15-9-6-5-7-10-15)23-17-12-8-11-16(19(17)21)20(2,3)4/h5-12,18H,13H2,1-4H3. The summed E-state index contributed by atoms with van der Waals surface area (Å²) in [6.45, 7) is 8.65. The number of fused-ring (bicyclic) bond motifs is 1. The van der Waals surface area contributed by atoms with Crippen LogP contribution in [0.15, 0.2) is 53.4 Å². The normalized spacial score (nSPS) is 17.2. The van der Waals surface area contributed by atoms with E-state index >= 15 is 0 Å². The van der Waals surface area contributed by atoms with Gasteiger partial charge in [0, 0.05) is 11.8 Å². The van der Waals surface area contributed by atoms with Gasteiger partial charge in [0.2, 0.25) is 5.91 Å². The number of rotatable bonds is 2. The molecule has 2 aromatic rings. The molecule has 24 heavy (non-hydrogen) atoms. The molecule has 3 nitrogen and oxygen atoms in total. The number of thioether (sulfide) groups is 1. The number of benzene rings is 2. The molecule has 2 aromatic carbocycles. The maximum atomic E-state index is 12.3. The molecule has 0 fully saturated rings. The number of nitrogens with zero attached hydrogens (tertiary/aromatic N) is 1. The first-order valence-electron chi connectivity index (χ1n) is 8.16. The third-order valence-corrected chi connectivity index (χ3v) is 5.11. The fourth-order valence-corrected chi connectivity index (χ4v) is 3.91. The maximum Gasteiger partial charge on any atom is 0.224 e. The van der Waals surface area contributed by atoms with Crippen molar-refractivity contribution in [3.63, 3.8) is 0 Å². The summed E-state index contributed by atoms with van der Waals surface area (Å²) in [6.07, 6.45) is 0. The van der Waals surface area contributed by atoms with Gasteiger partial charge in [0.05, 0.1) is 12.2 Å². The fourth-order valence-electron chi connectivity index (χ4n) is 2.92.